The molecule has 1 saturated carbocycles. The second-order valence-corrected chi connectivity index (χ2v) is 6.44. The molecule has 1 aromatic rings. The first kappa shape index (κ1) is 16.6. The maximum atomic E-state index is 12.7. The van der Waals surface area contributed by atoms with Crippen LogP contribution in [0.4, 0.5) is 0 Å². The van der Waals surface area contributed by atoms with E-state index in [0.717, 1.165) is 13.1 Å². The summed E-state index contributed by atoms with van der Waals surface area (Å²) in [6.45, 7) is 3.48. The number of carbonyl (C=O) groups is 2. The zero-order valence-corrected chi connectivity index (χ0v) is 13.9. The van der Waals surface area contributed by atoms with Crippen molar-refractivity contribution < 1.29 is 24.2 Å². The third kappa shape index (κ3) is 3.47. The number of rotatable bonds is 6. The molecule has 2 fully saturated rings. The monoisotopic (exact) mass is 333 g/mol. The number of carboxylic acids is 1. The Labute approximate surface area is 141 Å². The van der Waals surface area contributed by atoms with Crippen LogP contribution in [0.2, 0.25) is 0 Å². The molecule has 6 heteroatoms. The van der Waals surface area contributed by atoms with E-state index in [2.05, 4.69) is 0 Å². The van der Waals surface area contributed by atoms with Crippen LogP contribution < -0.4 is 9.47 Å². The Bertz CT molecular complexity index is 618. The fourth-order valence-corrected chi connectivity index (χ4v) is 3.75. The average molecular weight is 333 g/mol. The fraction of sp³-hybridized carbons (Fsp3) is 0.556. The number of carbonyl (C=O) groups excluding carboxylic acids is 1. The van der Waals surface area contributed by atoms with Gasteiger partial charge in [-0.25, -0.2) is 4.79 Å². The Morgan fingerprint density at radius 2 is 1.88 bits per heavy atom. The molecule has 1 heterocycles. The van der Waals surface area contributed by atoms with Crippen molar-refractivity contribution in [1.82, 2.24) is 4.90 Å². The normalized spacial score (nSPS) is 22.3. The second-order valence-electron chi connectivity index (χ2n) is 6.44. The number of hydrogen-bond acceptors (Lipinski definition) is 4. The molecule has 0 spiro atoms. The molecule has 0 aromatic heterocycles. The van der Waals surface area contributed by atoms with E-state index in [1.165, 1.54) is 19.3 Å². The molecule has 6 nitrogen and oxygen atoms in total. The maximum Gasteiger partial charge on any atom is 0.341 e. The van der Waals surface area contributed by atoms with Gasteiger partial charge in [-0.1, -0.05) is 6.42 Å². The number of amides is 1. The van der Waals surface area contributed by atoms with Crippen LogP contribution in [-0.2, 0) is 4.79 Å². The first-order valence-electron chi connectivity index (χ1n) is 8.49. The smallest absolute Gasteiger partial charge is 0.341 e. The highest BCUT2D eigenvalue weighted by Gasteiger charge is 2.38. The molecule has 2 unspecified atom stereocenters. The lowest BCUT2D eigenvalue weighted by Gasteiger charge is -2.18. The Balaban J connectivity index is 1.74. The predicted molar refractivity (Wildman–Crippen MR) is 87.5 cm³/mol. The predicted octanol–water partition coefficient (Wildman–Crippen LogP) is 2.42. The lowest BCUT2D eigenvalue weighted by Crippen LogP contribution is -2.29. The largest absolute Gasteiger partial charge is 0.490 e. The molecule has 3 rings (SSSR count). The molecule has 2 atom stereocenters. The van der Waals surface area contributed by atoms with E-state index < -0.39 is 12.6 Å². The quantitative estimate of drug-likeness (QED) is 0.865. The molecule has 130 valence electrons. The van der Waals surface area contributed by atoms with Crippen molar-refractivity contribution in [3.8, 4) is 11.5 Å². The number of likely N-dealkylation sites (tertiary alicyclic amines) is 1. The van der Waals surface area contributed by atoms with Crippen LogP contribution in [0.1, 0.15) is 36.5 Å². The number of hydrogen-bond donors (Lipinski definition) is 1. The highest BCUT2D eigenvalue weighted by atomic mass is 16.5. The van der Waals surface area contributed by atoms with Gasteiger partial charge in [0, 0.05) is 18.7 Å². The minimum absolute atomic E-state index is 0.00939. The zero-order chi connectivity index (χ0) is 17.1. The minimum atomic E-state index is -1.05. The van der Waals surface area contributed by atoms with Gasteiger partial charge in [-0.05, 0) is 49.8 Å². The number of benzene rings is 1. The van der Waals surface area contributed by atoms with Gasteiger partial charge in [-0.3, -0.25) is 4.79 Å². The first-order chi connectivity index (χ1) is 11.6. The maximum absolute atomic E-state index is 12.7. The van der Waals surface area contributed by atoms with Crippen LogP contribution in [0.3, 0.4) is 0 Å². The van der Waals surface area contributed by atoms with Crippen molar-refractivity contribution in [2.45, 2.75) is 26.2 Å². The van der Waals surface area contributed by atoms with E-state index in [1.54, 1.807) is 18.2 Å². The topological polar surface area (TPSA) is 76.1 Å². The molecule has 1 saturated heterocycles. The van der Waals surface area contributed by atoms with E-state index in [4.69, 9.17) is 14.6 Å². The van der Waals surface area contributed by atoms with E-state index in [0.29, 0.717) is 35.5 Å². The zero-order valence-electron chi connectivity index (χ0n) is 13.9. The minimum Gasteiger partial charge on any atom is -0.490 e. The SMILES string of the molecule is CCOc1cc(C(=O)N2CC3CCCC3C2)ccc1OCC(=O)O. The van der Waals surface area contributed by atoms with Crippen molar-refractivity contribution in [3.05, 3.63) is 23.8 Å². The van der Waals surface area contributed by atoms with Crippen LogP contribution >= 0.6 is 0 Å². The summed E-state index contributed by atoms with van der Waals surface area (Å²) in [6.07, 6.45) is 3.72. The highest BCUT2D eigenvalue weighted by molar-refractivity contribution is 5.95. The molecule has 1 aromatic carbocycles. The first-order valence-corrected chi connectivity index (χ1v) is 8.49. The third-order valence-corrected chi connectivity index (χ3v) is 4.86. The Kier molecular flexibility index (Phi) is 4.92. The van der Waals surface area contributed by atoms with Crippen LogP contribution in [0.5, 0.6) is 11.5 Å². The van der Waals surface area contributed by atoms with Crippen molar-refractivity contribution >= 4 is 11.9 Å². The summed E-state index contributed by atoms with van der Waals surface area (Å²) in [7, 11) is 0. The summed E-state index contributed by atoms with van der Waals surface area (Å²) in [6, 6.07) is 4.94. The van der Waals surface area contributed by atoms with Crippen molar-refractivity contribution in [1.29, 1.82) is 0 Å². The Morgan fingerprint density at radius 1 is 1.17 bits per heavy atom. The summed E-state index contributed by atoms with van der Waals surface area (Å²) in [5, 5.41) is 8.73. The van der Waals surface area contributed by atoms with Gasteiger partial charge >= 0.3 is 5.97 Å². The van der Waals surface area contributed by atoms with Gasteiger partial charge in [0.05, 0.1) is 6.61 Å². The molecular weight excluding hydrogens is 310 g/mol. The summed E-state index contributed by atoms with van der Waals surface area (Å²) < 4.78 is 10.7. The van der Waals surface area contributed by atoms with Gasteiger partial charge in [0.2, 0.25) is 0 Å². The van der Waals surface area contributed by atoms with E-state index >= 15 is 0 Å². The molecule has 1 amide bonds. The van der Waals surface area contributed by atoms with E-state index in [9.17, 15) is 9.59 Å². The van der Waals surface area contributed by atoms with Gasteiger partial charge in [-0.15, -0.1) is 0 Å². The molecule has 1 aliphatic carbocycles. The average Bonchev–Trinajstić information content (AvgIpc) is 3.14. The number of fused-ring (bicyclic) bond motifs is 1. The molecule has 2 aliphatic rings. The number of ether oxygens (including phenoxy) is 2. The van der Waals surface area contributed by atoms with Gasteiger partial charge in [-0.2, -0.15) is 0 Å². The fourth-order valence-electron chi connectivity index (χ4n) is 3.75. The van der Waals surface area contributed by atoms with Crippen molar-refractivity contribution in [2.75, 3.05) is 26.3 Å². The third-order valence-electron chi connectivity index (χ3n) is 4.86. The van der Waals surface area contributed by atoms with E-state index in [-0.39, 0.29) is 5.91 Å². The van der Waals surface area contributed by atoms with Gasteiger partial charge < -0.3 is 19.5 Å². The molecule has 1 N–H and O–H groups in total. The number of carboxylic acid groups (broad SMARTS) is 1. The second kappa shape index (κ2) is 7.11. The van der Waals surface area contributed by atoms with Gasteiger partial charge in [0.15, 0.2) is 18.1 Å². The van der Waals surface area contributed by atoms with Crippen LogP contribution in [0.15, 0.2) is 18.2 Å². The summed E-state index contributed by atoms with van der Waals surface area (Å²) in [4.78, 5) is 25.3. The lowest BCUT2D eigenvalue weighted by atomic mass is 10.0. The van der Waals surface area contributed by atoms with Crippen LogP contribution in [0, 0.1) is 11.8 Å². The molecular formula is C18H23NO5. The molecule has 1 aliphatic heterocycles. The van der Waals surface area contributed by atoms with Crippen LogP contribution in [0.25, 0.3) is 0 Å². The molecule has 0 radical (unpaired) electrons. The lowest BCUT2D eigenvalue weighted by molar-refractivity contribution is -0.139. The molecule has 24 heavy (non-hydrogen) atoms. The standard InChI is InChI=1S/C18H23NO5/c1-2-23-16-8-12(6-7-15(16)24-11-17(20)21)18(22)19-9-13-4-3-5-14(13)10-19/h6-8,13-14H,2-5,9-11H2,1H3,(H,20,21). The number of aliphatic carboxylic acids is 1. The van der Waals surface area contributed by atoms with Crippen LogP contribution in [-0.4, -0.2) is 48.2 Å². The number of nitrogens with zero attached hydrogens (tertiary/aromatic N) is 1. The Morgan fingerprint density at radius 3 is 2.50 bits per heavy atom. The highest BCUT2D eigenvalue weighted by Crippen LogP contribution is 2.38. The van der Waals surface area contributed by atoms with Crippen molar-refractivity contribution in [3.63, 3.8) is 0 Å². The summed E-state index contributed by atoms with van der Waals surface area (Å²) in [5.74, 6) is 1.01. The Hall–Kier alpha value is -2.24. The summed E-state index contributed by atoms with van der Waals surface area (Å²) >= 11 is 0. The van der Waals surface area contributed by atoms with Gasteiger partial charge in [0.25, 0.3) is 5.91 Å². The van der Waals surface area contributed by atoms with Gasteiger partial charge in [0.1, 0.15) is 0 Å². The molecule has 0 bridgehead atoms. The summed E-state index contributed by atoms with van der Waals surface area (Å²) in [5.41, 5.74) is 0.557. The van der Waals surface area contributed by atoms with Crippen molar-refractivity contribution in [2.24, 2.45) is 11.8 Å². The van der Waals surface area contributed by atoms with E-state index in [1.807, 2.05) is 11.8 Å².